The maximum atomic E-state index is 13.0. The van der Waals surface area contributed by atoms with Crippen LogP contribution in [0.3, 0.4) is 0 Å². The molecule has 2 heterocycles. The van der Waals surface area contributed by atoms with Gasteiger partial charge in [0.2, 0.25) is 0 Å². The van der Waals surface area contributed by atoms with Gasteiger partial charge in [0.25, 0.3) is 0 Å². The van der Waals surface area contributed by atoms with Crippen molar-refractivity contribution in [3.8, 4) is 0 Å². The van der Waals surface area contributed by atoms with Gasteiger partial charge in [0.1, 0.15) is 11.0 Å². The maximum absolute atomic E-state index is 13.0. The predicted molar refractivity (Wildman–Crippen MR) is 168 cm³/mol. The molecule has 230 valence electrons. The lowest BCUT2D eigenvalue weighted by Gasteiger charge is -2.36. The molecule has 0 saturated carbocycles. The number of rotatable bonds is 11. The van der Waals surface area contributed by atoms with Gasteiger partial charge >= 0.3 is 12.0 Å². The zero-order valence-electron chi connectivity index (χ0n) is 24.3. The SMILES string of the molecule is COC(=O)C(Cc1ccccc1)NC(=O)Nc1cccc(C2OC(CSc3nnc(C)s3)CC(c3ccc(CO)cc3)O2)c1. The van der Waals surface area contributed by atoms with E-state index in [-0.39, 0.29) is 18.8 Å². The summed E-state index contributed by atoms with van der Waals surface area (Å²) in [5.74, 6) is 0.128. The van der Waals surface area contributed by atoms with Crippen molar-refractivity contribution in [2.24, 2.45) is 0 Å². The van der Waals surface area contributed by atoms with Gasteiger partial charge in [-0.25, -0.2) is 9.59 Å². The van der Waals surface area contributed by atoms with Gasteiger partial charge in [-0.3, -0.25) is 0 Å². The van der Waals surface area contributed by atoms with Gasteiger partial charge in [0.05, 0.1) is 25.9 Å². The monoisotopic (exact) mass is 634 g/mol. The van der Waals surface area contributed by atoms with Crippen LogP contribution in [-0.4, -0.2) is 52.3 Å². The highest BCUT2D eigenvalue weighted by Crippen LogP contribution is 2.40. The van der Waals surface area contributed by atoms with Crippen molar-refractivity contribution in [3.63, 3.8) is 0 Å². The summed E-state index contributed by atoms with van der Waals surface area (Å²) in [5, 5.41) is 24.3. The Morgan fingerprint density at radius 1 is 1.02 bits per heavy atom. The molecular formula is C32H34N4O6S2. The number of hydrogen-bond donors (Lipinski definition) is 3. The van der Waals surface area contributed by atoms with Gasteiger partial charge in [0, 0.05) is 29.8 Å². The number of methoxy groups -OCH3 is 1. The van der Waals surface area contributed by atoms with E-state index in [0.29, 0.717) is 24.3 Å². The second-order valence-corrected chi connectivity index (χ2v) is 12.7. The average Bonchev–Trinajstić information content (AvgIpc) is 3.48. The van der Waals surface area contributed by atoms with Gasteiger partial charge in [-0.2, -0.15) is 0 Å². The van der Waals surface area contributed by atoms with Crippen molar-refractivity contribution in [1.82, 2.24) is 15.5 Å². The lowest BCUT2D eigenvalue weighted by atomic mass is 10.0. The van der Waals surface area contributed by atoms with Crippen molar-refractivity contribution in [3.05, 3.63) is 106 Å². The number of aliphatic hydroxyl groups excluding tert-OH is 1. The lowest BCUT2D eigenvalue weighted by Crippen LogP contribution is -2.45. The zero-order chi connectivity index (χ0) is 30.9. The van der Waals surface area contributed by atoms with Gasteiger partial charge in [0.15, 0.2) is 10.6 Å². The third kappa shape index (κ3) is 8.64. The molecule has 10 nitrogen and oxygen atoms in total. The van der Waals surface area contributed by atoms with E-state index in [1.165, 1.54) is 7.11 Å². The van der Waals surface area contributed by atoms with Crippen LogP contribution in [0.1, 0.15) is 46.1 Å². The molecule has 4 atom stereocenters. The van der Waals surface area contributed by atoms with Crippen LogP contribution in [0.25, 0.3) is 0 Å². The predicted octanol–water partition coefficient (Wildman–Crippen LogP) is 5.58. The number of esters is 1. The molecule has 4 unspecified atom stereocenters. The summed E-state index contributed by atoms with van der Waals surface area (Å²) in [6.07, 6.45) is -0.164. The standard InChI is InChI=1S/C32H34N4O6S2/c1-20-35-36-32(44-20)43-19-26-17-28(23-13-11-22(18-37)12-14-23)42-30(41-26)24-9-6-10-25(16-24)33-31(39)34-27(29(38)40-2)15-21-7-4-3-5-8-21/h3-14,16,26-28,30,37H,15,17-19H2,1-2H3,(H2,33,34,39). The van der Waals surface area contributed by atoms with Gasteiger partial charge in [-0.05, 0) is 35.7 Å². The molecule has 1 aliphatic rings. The van der Waals surface area contributed by atoms with Crippen LogP contribution in [-0.2, 0) is 32.0 Å². The smallest absolute Gasteiger partial charge is 0.328 e. The average molecular weight is 635 g/mol. The number of thioether (sulfide) groups is 1. The van der Waals surface area contributed by atoms with Crippen molar-refractivity contribution in [1.29, 1.82) is 0 Å². The molecule has 1 saturated heterocycles. The summed E-state index contributed by atoms with van der Waals surface area (Å²) in [7, 11) is 1.29. The summed E-state index contributed by atoms with van der Waals surface area (Å²) in [4.78, 5) is 25.4. The van der Waals surface area contributed by atoms with Crippen molar-refractivity contribution in [2.75, 3.05) is 18.2 Å². The van der Waals surface area contributed by atoms with Crippen LogP contribution in [0.15, 0.2) is 83.2 Å². The molecule has 0 aliphatic carbocycles. The van der Waals surface area contributed by atoms with Crippen molar-refractivity contribution in [2.45, 2.75) is 55.3 Å². The van der Waals surface area contributed by atoms with E-state index in [4.69, 9.17) is 14.2 Å². The van der Waals surface area contributed by atoms with Crippen LogP contribution in [0.2, 0.25) is 0 Å². The maximum Gasteiger partial charge on any atom is 0.328 e. The van der Waals surface area contributed by atoms with Crippen LogP contribution < -0.4 is 10.6 Å². The van der Waals surface area contributed by atoms with E-state index >= 15 is 0 Å². The molecule has 1 fully saturated rings. The highest BCUT2D eigenvalue weighted by molar-refractivity contribution is 8.01. The molecule has 12 heteroatoms. The molecule has 0 spiro atoms. The minimum Gasteiger partial charge on any atom is -0.467 e. The first kappa shape index (κ1) is 31.6. The minimum absolute atomic E-state index is 0.0297. The number of benzene rings is 3. The molecule has 44 heavy (non-hydrogen) atoms. The molecule has 1 aliphatic heterocycles. The number of urea groups is 1. The third-order valence-electron chi connectivity index (χ3n) is 7.01. The number of nitrogens with one attached hydrogen (secondary N) is 2. The van der Waals surface area contributed by atoms with Crippen molar-refractivity contribution >= 4 is 40.8 Å². The Morgan fingerprint density at radius 3 is 2.52 bits per heavy atom. The third-order valence-corrected chi connectivity index (χ3v) is 9.11. The fourth-order valence-electron chi connectivity index (χ4n) is 4.80. The van der Waals surface area contributed by atoms with E-state index in [1.54, 1.807) is 35.2 Å². The lowest BCUT2D eigenvalue weighted by molar-refractivity contribution is -0.245. The molecule has 0 radical (unpaired) electrons. The molecule has 0 bridgehead atoms. The second kappa shape index (κ2) is 15.3. The Hall–Kier alpha value is -3.81. The Morgan fingerprint density at radius 2 is 1.82 bits per heavy atom. The number of hydrogen-bond acceptors (Lipinski definition) is 10. The second-order valence-electron chi connectivity index (χ2n) is 10.2. The topological polar surface area (TPSA) is 132 Å². The van der Waals surface area contributed by atoms with E-state index in [2.05, 4.69) is 20.8 Å². The zero-order valence-corrected chi connectivity index (χ0v) is 26.0. The van der Waals surface area contributed by atoms with E-state index in [1.807, 2.05) is 73.7 Å². The number of aliphatic hydroxyl groups is 1. The fourth-order valence-corrected chi connectivity index (χ4v) is 6.66. The number of amides is 2. The number of ether oxygens (including phenoxy) is 3. The van der Waals surface area contributed by atoms with E-state index in [9.17, 15) is 14.7 Å². The molecule has 3 N–H and O–H groups in total. The first-order valence-electron chi connectivity index (χ1n) is 14.1. The largest absolute Gasteiger partial charge is 0.467 e. The van der Waals surface area contributed by atoms with Crippen LogP contribution in [0.5, 0.6) is 0 Å². The van der Waals surface area contributed by atoms with Crippen LogP contribution in [0, 0.1) is 6.92 Å². The van der Waals surface area contributed by atoms with E-state index in [0.717, 1.165) is 31.6 Å². The normalized spacial score (nSPS) is 18.8. The van der Waals surface area contributed by atoms with Crippen LogP contribution in [0.4, 0.5) is 10.5 Å². The van der Waals surface area contributed by atoms with Crippen molar-refractivity contribution < 1.29 is 28.9 Å². The molecule has 5 rings (SSSR count). The molecule has 2 amide bonds. The Labute approximate surface area is 264 Å². The van der Waals surface area contributed by atoms with Gasteiger partial charge in [-0.1, -0.05) is 89.8 Å². The number of aryl methyl sites for hydroxylation is 1. The first-order valence-corrected chi connectivity index (χ1v) is 15.9. The number of aromatic nitrogens is 2. The number of carbonyl (C=O) groups excluding carboxylic acids is 2. The number of anilines is 1. The Kier molecular flexibility index (Phi) is 11.0. The first-order chi connectivity index (χ1) is 21.4. The molecule has 1 aromatic heterocycles. The van der Waals surface area contributed by atoms with E-state index < -0.39 is 24.3 Å². The summed E-state index contributed by atoms with van der Waals surface area (Å²) in [6.45, 7) is 1.90. The fraction of sp³-hybridized carbons (Fsp3) is 0.312. The summed E-state index contributed by atoms with van der Waals surface area (Å²) >= 11 is 3.14. The number of carbonyl (C=O) groups is 2. The quantitative estimate of drug-likeness (QED) is 0.143. The Bertz CT molecular complexity index is 1540. The van der Waals surface area contributed by atoms with Gasteiger partial charge in [-0.15, -0.1) is 10.2 Å². The summed E-state index contributed by atoms with van der Waals surface area (Å²) < 4.78 is 18.7. The minimum atomic E-state index is -0.858. The molecular weight excluding hydrogens is 601 g/mol. The highest BCUT2D eigenvalue weighted by atomic mass is 32.2. The summed E-state index contributed by atoms with van der Waals surface area (Å²) in [5.41, 5.74) is 3.95. The van der Waals surface area contributed by atoms with Gasteiger partial charge < -0.3 is 30.0 Å². The highest BCUT2D eigenvalue weighted by Gasteiger charge is 2.33. The number of nitrogens with zero attached hydrogens (tertiary/aromatic N) is 2. The Balaban J connectivity index is 1.29. The molecule has 3 aromatic carbocycles. The summed E-state index contributed by atoms with van der Waals surface area (Å²) in [6, 6.07) is 23.0. The van der Waals surface area contributed by atoms with Crippen LogP contribution >= 0.6 is 23.1 Å². The molecule has 4 aromatic rings.